The minimum absolute atomic E-state index is 0.0601. The Kier molecular flexibility index (Phi) is 7.41. The van der Waals surface area contributed by atoms with Gasteiger partial charge in [-0.1, -0.05) is 6.07 Å². The number of rotatable bonds is 7. The number of piperidine rings is 2. The normalized spacial score (nSPS) is 19.5. The van der Waals surface area contributed by atoms with Crippen molar-refractivity contribution in [1.82, 2.24) is 19.8 Å². The number of aromatic nitrogens is 2. The molecule has 9 heteroatoms. The Hall–Kier alpha value is -3.07. The van der Waals surface area contributed by atoms with Gasteiger partial charge in [-0.15, -0.1) is 0 Å². The summed E-state index contributed by atoms with van der Waals surface area (Å²) in [5.41, 5.74) is 1.41. The summed E-state index contributed by atoms with van der Waals surface area (Å²) >= 11 is 0. The monoisotopic (exact) mass is 468 g/mol. The van der Waals surface area contributed by atoms with Gasteiger partial charge in [-0.05, 0) is 69.6 Å². The Bertz CT molecular complexity index is 1150. The number of aryl methyl sites for hydroxylation is 2. The average molecular weight is 469 g/mol. The highest BCUT2D eigenvalue weighted by atomic mass is 16.5. The van der Waals surface area contributed by atoms with E-state index < -0.39 is 11.9 Å². The molecule has 2 saturated heterocycles. The van der Waals surface area contributed by atoms with Crippen LogP contribution in [0.25, 0.3) is 10.9 Å². The zero-order chi connectivity index (χ0) is 24.2. The molecule has 9 nitrogen and oxygen atoms in total. The van der Waals surface area contributed by atoms with Crippen LogP contribution in [0.1, 0.15) is 56.5 Å². The van der Waals surface area contributed by atoms with Crippen LogP contribution in [-0.2, 0) is 25.5 Å². The fourth-order valence-electron chi connectivity index (χ4n) is 4.93. The van der Waals surface area contributed by atoms with Crippen molar-refractivity contribution in [3.63, 3.8) is 0 Å². The van der Waals surface area contributed by atoms with E-state index in [0.717, 1.165) is 44.3 Å². The molecule has 182 valence electrons. The Labute approximate surface area is 198 Å². The van der Waals surface area contributed by atoms with Gasteiger partial charge in [0.2, 0.25) is 17.7 Å². The fourth-order valence-corrected chi connectivity index (χ4v) is 4.93. The highest BCUT2D eigenvalue weighted by Gasteiger charge is 2.30. The number of imide groups is 1. The summed E-state index contributed by atoms with van der Waals surface area (Å²) < 4.78 is 6.65. The molecule has 0 radical (unpaired) electrons. The molecule has 2 aliphatic rings. The summed E-state index contributed by atoms with van der Waals surface area (Å²) in [6.07, 6.45) is 4.25. The first-order chi connectivity index (χ1) is 16.4. The van der Waals surface area contributed by atoms with Gasteiger partial charge >= 0.3 is 0 Å². The first-order valence-electron chi connectivity index (χ1n) is 12.1. The van der Waals surface area contributed by atoms with E-state index in [1.54, 1.807) is 6.92 Å². The van der Waals surface area contributed by atoms with E-state index in [-0.39, 0.29) is 30.4 Å². The van der Waals surface area contributed by atoms with Gasteiger partial charge in [0, 0.05) is 26.1 Å². The second kappa shape index (κ2) is 10.5. The SMILES string of the molecule is CCOCC(=O)N1CCC(CCc2ccc3nc(C)n(C4CCC(=O)NC4=O)c(=O)c3c2)CC1. The maximum Gasteiger partial charge on any atom is 0.262 e. The average Bonchev–Trinajstić information content (AvgIpc) is 2.83. The number of benzene rings is 1. The third-order valence-corrected chi connectivity index (χ3v) is 6.90. The molecule has 0 aliphatic carbocycles. The van der Waals surface area contributed by atoms with Crippen molar-refractivity contribution in [1.29, 1.82) is 0 Å². The Morgan fingerprint density at radius 2 is 1.94 bits per heavy atom. The Balaban J connectivity index is 1.43. The molecule has 1 unspecified atom stereocenters. The van der Waals surface area contributed by atoms with Crippen LogP contribution < -0.4 is 10.9 Å². The summed E-state index contributed by atoms with van der Waals surface area (Å²) in [6.45, 7) is 5.81. The van der Waals surface area contributed by atoms with Gasteiger partial charge in [0.15, 0.2) is 0 Å². The molecule has 1 N–H and O–H groups in total. The van der Waals surface area contributed by atoms with E-state index in [4.69, 9.17) is 4.74 Å². The predicted octanol–water partition coefficient (Wildman–Crippen LogP) is 1.89. The Morgan fingerprint density at radius 1 is 1.18 bits per heavy atom. The topological polar surface area (TPSA) is 111 Å². The van der Waals surface area contributed by atoms with Crippen LogP contribution >= 0.6 is 0 Å². The number of amides is 3. The molecule has 4 rings (SSSR count). The van der Waals surface area contributed by atoms with Crippen molar-refractivity contribution < 1.29 is 19.1 Å². The number of fused-ring (bicyclic) bond motifs is 1. The third kappa shape index (κ3) is 5.19. The van der Waals surface area contributed by atoms with Crippen molar-refractivity contribution in [2.24, 2.45) is 5.92 Å². The highest BCUT2D eigenvalue weighted by molar-refractivity contribution is 5.99. The zero-order valence-electron chi connectivity index (χ0n) is 19.8. The molecule has 3 amide bonds. The van der Waals surface area contributed by atoms with Crippen molar-refractivity contribution in [3.8, 4) is 0 Å². The summed E-state index contributed by atoms with van der Waals surface area (Å²) in [4.78, 5) is 55.7. The number of nitrogens with zero attached hydrogens (tertiary/aromatic N) is 3. The van der Waals surface area contributed by atoms with Gasteiger partial charge in [0.25, 0.3) is 5.56 Å². The molecule has 3 heterocycles. The second-order valence-electron chi connectivity index (χ2n) is 9.15. The molecule has 34 heavy (non-hydrogen) atoms. The van der Waals surface area contributed by atoms with Gasteiger partial charge in [-0.2, -0.15) is 0 Å². The van der Waals surface area contributed by atoms with Crippen molar-refractivity contribution in [2.45, 2.75) is 58.4 Å². The third-order valence-electron chi connectivity index (χ3n) is 6.90. The van der Waals surface area contributed by atoms with Gasteiger partial charge in [-0.25, -0.2) is 4.98 Å². The van der Waals surface area contributed by atoms with Gasteiger partial charge in [0.05, 0.1) is 10.9 Å². The number of likely N-dealkylation sites (tertiary alicyclic amines) is 1. The van der Waals surface area contributed by atoms with Gasteiger partial charge in [-0.3, -0.25) is 29.1 Å². The molecule has 2 aliphatic heterocycles. The maximum atomic E-state index is 13.3. The molecule has 1 atom stereocenters. The summed E-state index contributed by atoms with van der Waals surface area (Å²) in [7, 11) is 0. The summed E-state index contributed by atoms with van der Waals surface area (Å²) in [5, 5.41) is 2.81. The maximum absolute atomic E-state index is 13.3. The van der Waals surface area contributed by atoms with Crippen LogP contribution in [0, 0.1) is 12.8 Å². The largest absolute Gasteiger partial charge is 0.372 e. The number of hydrogen-bond acceptors (Lipinski definition) is 6. The number of ether oxygens (including phenoxy) is 1. The number of carbonyl (C=O) groups excluding carboxylic acids is 3. The second-order valence-corrected chi connectivity index (χ2v) is 9.15. The van der Waals surface area contributed by atoms with Crippen molar-refractivity contribution >= 4 is 28.6 Å². The van der Waals surface area contributed by atoms with Crippen LogP contribution in [-0.4, -0.2) is 58.5 Å². The highest BCUT2D eigenvalue weighted by Crippen LogP contribution is 2.24. The van der Waals surface area contributed by atoms with Crippen molar-refractivity contribution in [3.05, 3.63) is 39.9 Å². The van der Waals surface area contributed by atoms with Crippen molar-refractivity contribution in [2.75, 3.05) is 26.3 Å². The number of carbonyl (C=O) groups is 3. The molecular formula is C25H32N4O5. The molecule has 0 saturated carbocycles. The first-order valence-corrected chi connectivity index (χ1v) is 12.1. The summed E-state index contributed by atoms with van der Waals surface area (Å²) in [6, 6.07) is 5.03. The van der Waals surface area contributed by atoms with Crippen LogP contribution in [0.2, 0.25) is 0 Å². The molecule has 2 fully saturated rings. The van der Waals surface area contributed by atoms with Crippen LogP contribution in [0.15, 0.2) is 23.0 Å². The first kappa shape index (κ1) is 24.1. The van der Waals surface area contributed by atoms with E-state index in [2.05, 4.69) is 10.3 Å². The lowest BCUT2D eigenvalue weighted by Gasteiger charge is -2.32. The quantitative estimate of drug-likeness (QED) is 0.622. The molecule has 0 bridgehead atoms. The van der Waals surface area contributed by atoms with Gasteiger partial charge in [0.1, 0.15) is 18.5 Å². The number of nitrogens with one attached hydrogen (secondary N) is 1. The molecule has 2 aromatic rings. The Morgan fingerprint density at radius 3 is 2.65 bits per heavy atom. The molecule has 1 aromatic carbocycles. The molecule has 0 spiro atoms. The zero-order valence-corrected chi connectivity index (χ0v) is 19.8. The summed E-state index contributed by atoms with van der Waals surface area (Å²) in [5.74, 6) is 0.288. The van der Waals surface area contributed by atoms with Crippen LogP contribution in [0.5, 0.6) is 0 Å². The minimum atomic E-state index is -0.721. The van der Waals surface area contributed by atoms with Gasteiger partial charge < -0.3 is 9.64 Å². The van der Waals surface area contributed by atoms with E-state index >= 15 is 0 Å². The lowest BCUT2D eigenvalue weighted by atomic mass is 9.90. The van der Waals surface area contributed by atoms with E-state index in [9.17, 15) is 19.2 Å². The van der Waals surface area contributed by atoms with Crippen LogP contribution in [0.4, 0.5) is 0 Å². The minimum Gasteiger partial charge on any atom is -0.372 e. The fraction of sp³-hybridized carbons (Fsp3) is 0.560. The van der Waals surface area contributed by atoms with E-state index in [0.29, 0.717) is 35.7 Å². The standard InChI is InChI=1S/C25H32N4O5/c1-3-34-15-23(31)28-12-10-17(11-13-28)4-5-18-6-7-20-19(14-18)25(33)29(16(2)26-20)21-8-9-22(30)27-24(21)32/h6-7,14,17,21H,3-5,8-13,15H2,1-2H3,(H,27,30,32). The van der Waals surface area contributed by atoms with Crippen LogP contribution in [0.3, 0.4) is 0 Å². The van der Waals surface area contributed by atoms with E-state index in [1.165, 1.54) is 4.57 Å². The lowest BCUT2D eigenvalue weighted by molar-refractivity contribution is -0.137. The predicted molar refractivity (Wildman–Crippen MR) is 126 cm³/mol. The molecular weight excluding hydrogens is 436 g/mol. The number of hydrogen-bond donors (Lipinski definition) is 1. The molecule has 1 aromatic heterocycles. The lowest BCUT2D eigenvalue weighted by Crippen LogP contribution is -2.45. The smallest absolute Gasteiger partial charge is 0.262 e. The van der Waals surface area contributed by atoms with E-state index in [1.807, 2.05) is 30.0 Å².